The molecule has 0 amide bonds. The van der Waals surface area contributed by atoms with Crippen molar-refractivity contribution in [2.75, 3.05) is 6.54 Å². The van der Waals surface area contributed by atoms with Gasteiger partial charge in [-0.05, 0) is 43.4 Å². The molecule has 1 aromatic carbocycles. The Labute approximate surface area is 129 Å². The summed E-state index contributed by atoms with van der Waals surface area (Å²) in [6, 6.07) is 9.43. The van der Waals surface area contributed by atoms with Crippen molar-refractivity contribution in [2.24, 2.45) is 5.92 Å². The third-order valence-corrected chi connectivity index (χ3v) is 3.86. The van der Waals surface area contributed by atoms with Gasteiger partial charge in [0, 0.05) is 29.7 Å². The van der Waals surface area contributed by atoms with E-state index in [-0.39, 0.29) is 0 Å². The fourth-order valence-electron chi connectivity index (χ4n) is 2.90. The van der Waals surface area contributed by atoms with Crippen molar-refractivity contribution < 1.29 is 0 Å². The minimum Gasteiger partial charge on any atom is -0.347 e. The molecule has 2 aromatic rings. The number of nitrogens with one attached hydrogen (secondary N) is 1. The van der Waals surface area contributed by atoms with Gasteiger partial charge in [-0.3, -0.25) is 0 Å². The highest BCUT2D eigenvalue weighted by atomic mass is 15.0. The number of nitrogens with zero attached hydrogens (tertiary/aromatic N) is 1. The van der Waals surface area contributed by atoms with Crippen molar-refractivity contribution in [2.45, 2.75) is 59.5 Å². The first-order valence-corrected chi connectivity index (χ1v) is 8.38. The van der Waals surface area contributed by atoms with Crippen molar-refractivity contribution in [3.63, 3.8) is 0 Å². The molecule has 116 valence electrons. The molecule has 0 atom stereocenters. The SMILES string of the molecule is CC(C)Cn1cc(CCCCNC(C)C)c2ccccc21. The lowest BCUT2D eigenvalue weighted by molar-refractivity contribution is 0.533. The average molecular weight is 286 g/mol. The second kappa shape index (κ2) is 7.65. The van der Waals surface area contributed by atoms with Gasteiger partial charge in [0.05, 0.1) is 0 Å². The molecular weight excluding hydrogens is 256 g/mol. The Morgan fingerprint density at radius 3 is 2.52 bits per heavy atom. The van der Waals surface area contributed by atoms with Crippen LogP contribution in [0, 0.1) is 5.92 Å². The quantitative estimate of drug-likeness (QED) is 0.701. The molecule has 0 aliphatic heterocycles. The second-order valence-electron chi connectivity index (χ2n) is 6.78. The molecule has 21 heavy (non-hydrogen) atoms. The summed E-state index contributed by atoms with van der Waals surface area (Å²) in [5.74, 6) is 0.684. The number of hydrogen-bond donors (Lipinski definition) is 1. The molecule has 2 rings (SSSR count). The van der Waals surface area contributed by atoms with E-state index in [0.717, 1.165) is 13.1 Å². The zero-order valence-electron chi connectivity index (χ0n) is 14.0. The monoisotopic (exact) mass is 286 g/mol. The van der Waals surface area contributed by atoms with Crippen LogP contribution in [0.1, 0.15) is 46.1 Å². The lowest BCUT2D eigenvalue weighted by atomic mass is 10.1. The van der Waals surface area contributed by atoms with E-state index in [1.165, 1.54) is 35.7 Å². The van der Waals surface area contributed by atoms with Gasteiger partial charge in [0.2, 0.25) is 0 Å². The van der Waals surface area contributed by atoms with Crippen molar-refractivity contribution in [3.8, 4) is 0 Å². The number of aromatic nitrogens is 1. The van der Waals surface area contributed by atoms with Crippen molar-refractivity contribution in [1.29, 1.82) is 0 Å². The van der Waals surface area contributed by atoms with Gasteiger partial charge in [0.25, 0.3) is 0 Å². The molecule has 2 nitrogen and oxygen atoms in total. The molecule has 2 heteroatoms. The van der Waals surface area contributed by atoms with Gasteiger partial charge in [-0.2, -0.15) is 0 Å². The van der Waals surface area contributed by atoms with Gasteiger partial charge < -0.3 is 9.88 Å². The van der Waals surface area contributed by atoms with E-state index >= 15 is 0 Å². The van der Waals surface area contributed by atoms with Crippen LogP contribution >= 0.6 is 0 Å². The summed E-state index contributed by atoms with van der Waals surface area (Å²) < 4.78 is 2.43. The van der Waals surface area contributed by atoms with Gasteiger partial charge in [0.1, 0.15) is 0 Å². The van der Waals surface area contributed by atoms with Crippen LogP contribution < -0.4 is 5.32 Å². The third-order valence-electron chi connectivity index (χ3n) is 3.86. The zero-order valence-corrected chi connectivity index (χ0v) is 14.0. The number of unbranched alkanes of at least 4 members (excludes halogenated alkanes) is 1. The first kappa shape index (κ1) is 16.1. The van der Waals surface area contributed by atoms with E-state index in [2.05, 4.69) is 68.0 Å². The Morgan fingerprint density at radius 2 is 1.81 bits per heavy atom. The molecule has 1 aromatic heterocycles. The zero-order chi connectivity index (χ0) is 15.2. The van der Waals surface area contributed by atoms with Crippen molar-refractivity contribution in [3.05, 3.63) is 36.0 Å². The molecule has 0 unspecified atom stereocenters. The van der Waals surface area contributed by atoms with Crippen molar-refractivity contribution >= 4 is 10.9 Å². The van der Waals surface area contributed by atoms with E-state index in [1.54, 1.807) is 0 Å². The molecule has 0 radical (unpaired) electrons. The Bertz CT molecular complexity index is 552. The van der Waals surface area contributed by atoms with Crippen LogP contribution in [0.2, 0.25) is 0 Å². The highest BCUT2D eigenvalue weighted by molar-refractivity contribution is 5.83. The largest absolute Gasteiger partial charge is 0.347 e. The summed E-state index contributed by atoms with van der Waals surface area (Å²) in [6.45, 7) is 11.2. The summed E-state index contributed by atoms with van der Waals surface area (Å²) in [7, 11) is 0. The van der Waals surface area contributed by atoms with E-state index in [9.17, 15) is 0 Å². The van der Waals surface area contributed by atoms with Gasteiger partial charge in [-0.15, -0.1) is 0 Å². The van der Waals surface area contributed by atoms with Gasteiger partial charge in [0.15, 0.2) is 0 Å². The smallest absolute Gasteiger partial charge is 0.0483 e. The van der Waals surface area contributed by atoms with Crippen molar-refractivity contribution in [1.82, 2.24) is 9.88 Å². The molecule has 0 spiro atoms. The third kappa shape index (κ3) is 4.60. The predicted octanol–water partition coefficient (Wildman–Crippen LogP) is 4.62. The maximum absolute atomic E-state index is 3.50. The molecule has 0 aliphatic rings. The lowest BCUT2D eigenvalue weighted by Gasteiger charge is -2.07. The number of fused-ring (bicyclic) bond motifs is 1. The summed E-state index contributed by atoms with van der Waals surface area (Å²) >= 11 is 0. The molecule has 0 saturated carbocycles. The number of para-hydroxylation sites is 1. The standard InChI is InChI=1S/C19H30N2/c1-15(2)13-21-14-17(9-7-8-12-20-16(3)4)18-10-5-6-11-19(18)21/h5-6,10-11,14-16,20H,7-9,12-13H2,1-4H3. The van der Waals surface area contributed by atoms with Crippen LogP contribution in [0.15, 0.2) is 30.5 Å². The minimum atomic E-state index is 0.595. The van der Waals surface area contributed by atoms with Crippen LogP contribution in [-0.4, -0.2) is 17.2 Å². The van der Waals surface area contributed by atoms with Crippen LogP contribution in [0.5, 0.6) is 0 Å². The fraction of sp³-hybridized carbons (Fsp3) is 0.579. The molecule has 0 saturated heterocycles. The maximum atomic E-state index is 3.50. The molecular formula is C19H30N2. The van der Waals surface area contributed by atoms with E-state index in [4.69, 9.17) is 0 Å². The summed E-state index contributed by atoms with van der Waals surface area (Å²) in [6.07, 6.45) is 6.07. The molecule has 0 bridgehead atoms. The van der Waals surface area contributed by atoms with Gasteiger partial charge >= 0.3 is 0 Å². The molecule has 1 N–H and O–H groups in total. The molecule has 0 fully saturated rings. The Kier molecular flexibility index (Phi) is 5.86. The van der Waals surface area contributed by atoms with E-state index in [0.29, 0.717) is 12.0 Å². The van der Waals surface area contributed by atoms with Crippen LogP contribution in [0.4, 0.5) is 0 Å². The summed E-state index contributed by atoms with van der Waals surface area (Å²) in [5.41, 5.74) is 2.90. The van der Waals surface area contributed by atoms with Gasteiger partial charge in [-0.25, -0.2) is 0 Å². The Hall–Kier alpha value is -1.28. The number of aryl methyl sites for hydroxylation is 1. The van der Waals surface area contributed by atoms with Crippen LogP contribution in [0.3, 0.4) is 0 Å². The van der Waals surface area contributed by atoms with Crippen LogP contribution in [0.25, 0.3) is 10.9 Å². The number of benzene rings is 1. The number of hydrogen-bond acceptors (Lipinski definition) is 1. The topological polar surface area (TPSA) is 17.0 Å². The normalized spacial score (nSPS) is 11.9. The summed E-state index contributed by atoms with van der Waals surface area (Å²) in [4.78, 5) is 0. The Balaban J connectivity index is 2.02. The summed E-state index contributed by atoms with van der Waals surface area (Å²) in [5, 5.41) is 4.93. The number of rotatable bonds is 8. The molecule has 1 heterocycles. The Morgan fingerprint density at radius 1 is 1.05 bits per heavy atom. The lowest BCUT2D eigenvalue weighted by Crippen LogP contribution is -2.23. The maximum Gasteiger partial charge on any atom is 0.0483 e. The highest BCUT2D eigenvalue weighted by Gasteiger charge is 2.08. The van der Waals surface area contributed by atoms with Crippen LogP contribution in [-0.2, 0) is 13.0 Å². The minimum absolute atomic E-state index is 0.595. The fourth-order valence-corrected chi connectivity index (χ4v) is 2.90. The second-order valence-corrected chi connectivity index (χ2v) is 6.78. The first-order chi connectivity index (χ1) is 10.1. The van der Waals surface area contributed by atoms with E-state index < -0.39 is 0 Å². The predicted molar refractivity (Wildman–Crippen MR) is 92.9 cm³/mol. The highest BCUT2D eigenvalue weighted by Crippen LogP contribution is 2.23. The van der Waals surface area contributed by atoms with E-state index in [1.807, 2.05) is 0 Å². The average Bonchev–Trinajstić information content (AvgIpc) is 2.76. The van der Waals surface area contributed by atoms with Gasteiger partial charge in [-0.1, -0.05) is 45.9 Å². The molecule has 0 aliphatic carbocycles. The first-order valence-electron chi connectivity index (χ1n) is 8.38.